The second kappa shape index (κ2) is 10.3. The van der Waals surface area contributed by atoms with Crippen molar-refractivity contribution in [2.24, 2.45) is 0 Å². The molecule has 150 valence electrons. The van der Waals surface area contributed by atoms with E-state index in [0.29, 0.717) is 0 Å². The molecule has 5 nitrogen and oxygen atoms in total. The summed E-state index contributed by atoms with van der Waals surface area (Å²) in [6, 6.07) is 14.3. The third-order valence-corrected chi connectivity index (χ3v) is 5.13. The first-order valence-corrected chi connectivity index (χ1v) is 10.2. The van der Waals surface area contributed by atoms with Crippen LogP contribution in [0.25, 0.3) is 0 Å². The average molecular weight is 400 g/mol. The number of carbonyl (C=O) groups is 2. The van der Waals surface area contributed by atoms with Gasteiger partial charge in [-0.15, -0.1) is 0 Å². The first-order chi connectivity index (χ1) is 13.2. The summed E-state index contributed by atoms with van der Waals surface area (Å²) in [7, 11) is 1.75. The van der Waals surface area contributed by atoms with Crippen LogP contribution in [0.3, 0.4) is 0 Å². The Morgan fingerprint density at radius 1 is 0.929 bits per heavy atom. The Balaban J connectivity index is 1.85. The van der Waals surface area contributed by atoms with E-state index in [1.54, 1.807) is 23.7 Å². The van der Waals surface area contributed by atoms with E-state index >= 15 is 0 Å². The van der Waals surface area contributed by atoms with Crippen molar-refractivity contribution in [3.63, 3.8) is 0 Å². The summed E-state index contributed by atoms with van der Waals surface area (Å²) < 4.78 is 0. The van der Waals surface area contributed by atoms with E-state index in [-0.39, 0.29) is 30.9 Å². The number of anilines is 1. The van der Waals surface area contributed by atoms with E-state index < -0.39 is 0 Å². The molecule has 2 amide bonds. The van der Waals surface area contributed by atoms with Crippen molar-refractivity contribution < 1.29 is 9.59 Å². The number of aryl methyl sites for hydroxylation is 2. The maximum absolute atomic E-state index is 12.2. The van der Waals surface area contributed by atoms with Crippen molar-refractivity contribution >= 4 is 29.3 Å². The van der Waals surface area contributed by atoms with Crippen molar-refractivity contribution in [3.8, 4) is 0 Å². The molecule has 0 aromatic heterocycles. The maximum Gasteiger partial charge on any atom is 0.238 e. The molecule has 28 heavy (non-hydrogen) atoms. The number of rotatable bonds is 8. The van der Waals surface area contributed by atoms with Crippen LogP contribution in [0.1, 0.15) is 25.0 Å². The number of nitrogens with one attached hydrogen (secondary N) is 2. The third kappa shape index (κ3) is 7.37. The minimum atomic E-state index is -0.144. The van der Waals surface area contributed by atoms with E-state index in [4.69, 9.17) is 0 Å². The van der Waals surface area contributed by atoms with Crippen LogP contribution in [0.15, 0.2) is 52.3 Å². The van der Waals surface area contributed by atoms with Gasteiger partial charge in [-0.3, -0.25) is 14.5 Å². The van der Waals surface area contributed by atoms with Gasteiger partial charge in [-0.2, -0.15) is 0 Å². The molecule has 0 spiro atoms. The van der Waals surface area contributed by atoms with E-state index in [1.807, 2.05) is 38.1 Å². The van der Waals surface area contributed by atoms with Crippen molar-refractivity contribution in [2.45, 2.75) is 43.5 Å². The van der Waals surface area contributed by atoms with Gasteiger partial charge in [0.15, 0.2) is 0 Å². The lowest BCUT2D eigenvalue weighted by atomic mass is 10.1. The van der Waals surface area contributed by atoms with Crippen LogP contribution in [0.4, 0.5) is 5.69 Å². The predicted octanol–water partition coefficient (Wildman–Crippen LogP) is 3.85. The van der Waals surface area contributed by atoms with Crippen LogP contribution >= 0.6 is 11.8 Å². The SMILES string of the molecule is Cc1ccc(Sc2ccc(NC(=O)CN(C)CC(=O)NC(C)C)cc2)cc1C. The summed E-state index contributed by atoms with van der Waals surface area (Å²) in [5.41, 5.74) is 3.31. The molecule has 0 radical (unpaired) electrons. The zero-order chi connectivity index (χ0) is 20.7. The molecule has 0 aliphatic heterocycles. The van der Waals surface area contributed by atoms with Crippen LogP contribution in [-0.2, 0) is 9.59 Å². The zero-order valence-corrected chi connectivity index (χ0v) is 18.0. The number of carbonyl (C=O) groups excluding carboxylic acids is 2. The summed E-state index contributed by atoms with van der Waals surface area (Å²) in [5, 5.41) is 5.69. The summed E-state index contributed by atoms with van der Waals surface area (Å²) in [4.78, 5) is 27.9. The zero-order valence-electron chi connectivity index (χ0n) is 17.2. The lowest BCUT2D eigenvalue weighted by molar-refractivity contribution is -0.123. The topological polar surface area (TPSA) is 61.4 Å². The molecular weight excluding hydrogens is 370 g/mol. The van der Waals surface area contributed by atoms with Gasteiger partial charge in [-0.25, -0.2) is 0 Å². The average Bonchev–Trinajstić information content (AvgIpc) is 2.58. The van der Waals surface area contributed by atoms with Crippen LogP contribution in [0.2, 0.25) is 0 Å². The molecule has 0 saturated heterocycles. The lowest BCUT2D eigenvalue weighted by Crippen LogP contribution is -2.41. The Morgan fingerprint density at radius 3 is 2.14 bits per heavy atom. The molecule has 0 atom stereocenters. The fourth-order valence-electron chi connectivity index (χ4n) is 2.63. The van der Waals surface area contributed by atoms with E-state index in [2.05, 4.69) is 42.7 Å². The molecule has 0 unspecified atom stereocenters. The molecule has 2 rings (SSSR count). The van der Waals surface area contributed by atoms with Crippen LogP contribution in [0, 0.1) is 13.8 Å². The summed E-state index contributed by atoms with van der Waals surface area (Å²) in [5.74, 6) is -0.229. The van der Waals surface area contributed by atoms with Gasteiger partial charge >= 0.3 is 0 Å². The van der Waals surface area contributed by atoms with Gasteiger partial charge in [0, 0.05) is 21.5 Å². The summed E-state index contributed by atoms with van der Waals surface area (Å²) in [6.45, 7) is 8.39. The Labute approximate surface area is 171 Å². The quantitative estimate of drug-likeness (QED) is 0.708. The molecule has 2 aromatic rings. The van der Waals surface area contributed by atoms with E-state index in [1.165, 1.54) is 16.0 Å². The highest BCUT2D eigenvalue weighted by Gasteiger charge is 2.11. The van der Waals surface area contributed by atoms with Gasteiger partial charge in [0.05, 0.1) is 13.1 Å². The smallest absolute Gasteiger partial charge is 0.238 e. The monoisotopic (exact) mass is 399 g/mol. The molecule has 0 bridgehead atoms. The first-order valence-electron chi connectivity index (χ1n) is 9.36. The van der Waals surface area contributed by atoms with Crippen molar-refractivity contribution in [1.82, 2.24) is 10.2 Å². The second-order valence-corrected chi connectivity index (χ2v) is 8.46. The standard InChI is InChI=1S/C22H29N3O2S/c1-15(2)23-21(26)13-25(5)14-22(27)24-18-7-10-19(11-8-18)28-20-9-6-16(3)17(4)12-20/h6-12,15H,13-14H2,1-5H3,(H,23,26)(H,24,27). The van der Waals surface area contributed by atoms with Gasteiger partial charge in [-0.05, 0) is 82.3 Å². The molecule has 0 fully saturated rings. The highest BCUT2D eigenvalue weighted by atomic mass is 32.2. The van der Waals surface area contributed by atoms with E-state index in [0.717, 1.165) is 10.6 Å². The van der Waals surface area contributed by atoms with Gasteiger partial charge in [0.25, 0.3) is 0 Å². The third-order valence-electron chi connectivity index (χ3n) is 4.13. The molecule has 2 N–H and O–H groups in total. The Hall–Kier alpha value is -2.31. The number of likely N-dealkylation sites (N-methyl/N-ethyl adjacent to an activating group) is 1. The fourth-order valence-corrected chi connectivity index (χ4v) is 3.55. The van der Waals surface area contributed by atoms with Crippen LogP contribution in [-0.4, -0.2) is 42.9 Å². The van der Waals surface area contributed by atoms with Crippen molar-refractivity contribution in [2.75, 3.05) is 25.5 Å². The molecule has 0 heterocycles. The molecule has 2 aromatic carbocycles. The van der Waals surface area contributed by atoms with Gasteiger partial charge in [0.1, 0.15) is 0 Å². The lowest BCUT2D eigenvalue weighted by Gasteiger charge is -2.17. The van der Waals surface area contributed by atoms with Crippen LogP contribution in [0.5, 0.6) is 0 Å². The highest BCUT2D eigenvalue weighted by molar-refractivity contribution is 7.99. The maximum atomic E-state index is 12.2. The Morgan fingerprint density at radius 2 is 1.54 bits per heavy atom. The van der Waals surface area contributed by atoms with Crippen molar-refractivity contribution in [1.29, 1.82) is 0 Å². The number of hydrogen-bond donors (Lipinski definition) is 2. The summed E-state index contributed by atoms with van der Waals surface area (Å²) in [6.07, 6.45) is 0. The minimum absolute atomic E-state index is 0.0852. The minimum Gasteiger partial charge on any atom is -0.353 e. The number of nitrogens with zero attached hydrogens (tertiary/aromatic N) is 1. The first kappa shape index (κ1) is 22.0. The van der Waals surface area contributed by atoms with Gasteiger partial charge in [0.2, 0.25) is 11.8 Å². The molecule has 0 saturated carbocycles. The largest absolute Gasteiger partial charge is 0.353 e. The van der Waals surface area contributed by atoms with Gasteiger partial charge in [-0.1, -0.05) is 17.8 Å². The van der Waals surface area contributed by atoms with Crippen LogP contribution < -0.4 is 10.6 Å². The summed E-state index contributed by atoms with van der Waals surface area (Å²) >= 11 is 1.69. The Bertz CT molecular complexity index is 819. The number of benzene rings is 2. The molecule has 6 heteroatoms. The highest BCUT2D eigenvalue weighted by Crippen LogP contribution is 2.29. The second-order valence-electron chi connectivity index (χ2n) is 7.32. The normalized spacial score (nSPS) is 11.0. The molecule has 0 aliphatic carbocycles. The number of amides is 2. The van der Waals surface area contributed by atoms with E-state index in [9.17, 15) is 9.59 Å². The Kier molecular flexibility index (Phi) is 8.08. The molecular formula is C22H29N3O2S. The predicted molar refractivity (Wildman–Crippen MR) is 116 cm³/mol. The van der Waals surface area contributed by atoms with Crippen molar-refractivity contribution in [3.05, 3.63) is 53.6 Å². The fraction of sp³-hybridized carbons (Fsp3) is 0.364. The molecule has 0 aliphatic rings. The number of hydrogen-bond acceptors (Lipinski definition) is 4. The van der Waals surface area contributed by atoms with Gasteiger partial charge < -0.3 is 10.6 Å².